The van der Waals surface area contributed by atoms with E-state index in [0.29, 0.717) is 6.79 Å². The maximum absolute atomic E-state index is 5.53. The van der Waals surface area contributed by atoms with Crippen molar-refractivity contribution in [1.29, 1.82) is 0 Å². The third kappa shape index (κ3) is 4.61. The van der Waals surface area contributed by atoms with Crippen molar-refractivity contribution in [2.45, 2.75) is 38.9 Å². The summed E-state index contributed by atoms with van der Waals surface area (Å²) < 4.78 is 11.0. The van der Waals surface area contributed by atoms with E-state index in [-0.39, 0.29) is 0 Å². The van der Waals surface area contributed by atoms with Crippen LogP contribution in [0.5, 0.6) is 11.5 Å². The van der Waals surface area contributed by atoms with Gasteiger partial charge in [0.05, 0.1) is 0 Å². The Hall–Kier alpha value is -1.60. The molecule has 3 aliphatic rings. The first kappa shape index (κ1) is 19.4. The number of ether oxygens (including phenoxy) is 2. The van der Waals surface area contributed by atoms with Crippen LogP contribution in [-0.2, 0) is 13.1 Å². The lowest BCUT2D eigenvalue weighted by atomic mass is 10.0. The first-order chi connectivity index (χ1) is 14.2. The third-order valence-electron chi connectivity index (χ3n) is 6.42. The van der Waals surface area contributed by atoms with Crippen molar-refractivity contribution in [3.8, 4) is 11.5 Å². The molecule has 5 nitrogen and oxygen atoms in total. The highest BCUT2D eigenvalue weighted by molar-refractivity contribution is 7.11. The molecule has 0 bridgehead atoms. The van der Waals surface area contributed by atoms with Crippen LogP contribution in [0.3, 0.4) is 0 Å². The summed E-state index contributed by atoms with van der Waals surface area (Å²) in [6.07, 6.45) is 2.68. The molecule has 0 amide bonds. The lowest BCUT2D eigenvalue weighted by Gasteiger charge is -2.43. The van der Waals surface area contributed by atoms with Crippen LogP contribution in [0.25, 0.3) is 0 Å². The zero-order valence-corrected chi connectivity index (χ0v) is 18.1. The fourth-order valence-corrected chi connectivity index (χ4v) is 5.78. The lowest BCUT2D eigenvalue weighted by Crippen LogP contribution is -2.54. The number of fused-ring (bicyclic) bond motifs is 1. The van der Waals surface area contributed by atoms with Gasteiger partial charge in [0.25, 0.3) is 0 Å². The van der Waals surface area contributed by atoms with Crippen LogP contribution in [0.1, 0.15) is 28.2 Å². The quantitative estimate of drug-likeness (QED) is 0.747. The van der Waals surface area contributed by atoms with Gasteiger partial charge in [-0.25, -0.2) is 0 Å². The van der Waals surface area contributed by atoms with Crippen molar-refractivity contribution in [1.82, 2.24) is 14.7 Å². The Labute approximate surface area is 177 Å². The molecule has 4 heterocycles. The van der Waals surface area contributed by atoms with Crippen molar-refractivity contribution in [2.24, 2.45) is 0 Å². The molecule has 29 heavy (non-hydrogen) atoms. The fourth-order valence-electron chi connectivity index (χ4n) is 4.85. The molecule has 0 saturated carbocycles. The summed E-state index contributed by atoms with van der Waals surface area (Å²) in [6.45, 7) is 11.8. The van der Waals surface area contributed by atoms with Crippen molar-refractivity contribution >= 4 is 11.3 Å². The van der Waals surface area contributed by atoms with E-state index in [0.717, 1.165) is 43.7 Å². The Morgan fingerprint density at radius 3 is 2.62 bits per heavy atom. The fraction of sp³-hybridized carbons (Fsp3) is 0.565. The Kier molecular flexibility index (Phi) is 5.77. The zero-order chi connectivity index (χ0) is 19.6. The van der Waals surface area contributed by atoms with Gasteiger partial charge in [0, 0.05) is 61.6 Å². The molecule has 156 valence electrons. The van der Waals surface area contributed by atoms with Gasteiger partial charge < -0.3 is 9.47 Å². The molecule has 0 N–H and O–H groups in total. The molecule has 5 rings (SSSR count). The van der Waals surface area contributed by atoms with Gasteiger partial charge in [-0.2, -0.15) is 0 Å². The topological polar surface area (TPSA) is 28.2 Å². The number of rotatable bonds is 5. The number of piperidine rings is 1. The van der Waals surface area contributed by atoms with Crippen molar-refractivity contribution in [3.63, 3.8) is 0 Å². The Morgan fingerprint density at radius 1 is 0.931 bits per heavy atom. The molecule has 2 aromatic rings. The average Bonchev–Trinajstić information content (AvgIpc) is 3.37. The number of thiophene rings is 1. The molecule has 1 atom stereocenters. The van der Waals surface area contributed by atoms with Gasteiger partial charge in [0.15, 0.2) is 11.5 Å². The number of hydrogen-bond acceptors (Lipinski definition) is 6. The highest BCUT2D eigenvalue weighted by Crippen LogP contribution is 2.33. The Bertz CT molecular complexity index is 831. The van der Waals surface area contributed by atoms with Gasteiger partial charge in [0.1, 0.15) is 0 Å². The average molecular weight is 414 g/mol. The van der Waals surface area contributed by atoms with Gasteiger partial charge in [-0.05, 0) is 56.1 Å². The number of aryl methyl sites for hydroxylation is 1. The monoisotopic (exact) mass is 413 g/mol. The van der Waals surface area contributed by atoms with E-state index < -0.39 is 0 Å². The molecule has 2 fully saturated rings. The minimum atomic E-state index is 0.349. The standard InChI is InChI=1S/C23H31N3O2S/c1-18-4-6-21(29-18)16-25-8-2-3-20(15-25)26-11-9-24(10-12-26)14-19-5-7-22-23(13-19)28-17-27-22/h4-7,13,20H,2-3,8-12,14-17H2,1H3/t20-/m0/s1. The number of piperazine rings is 1. The Balaban J connectivity index is 1.11. The van der Waals surface area contributed by atoms with Crippen LogP contribution in [0.4, 0.5) is 0 Å². The molecule has 6 heteroatoms. The summed E-state index contributed by atoms with van der Waals surface area (Å²) in [6, 6.07) is 11.6. The van der Waals surface area contributed by atoms with E-state index in [1.54, 1.807) is 0 Å². The number of hydrogen-bond donors (Lipinski definition) is 0. The molecule has 0 unspecified atom stereocenters. The van der Waals surface area contributed by atoms with E-state index >= 15 is 0 Å². The third-order valence-corrected chi connectivity index (χ3v) is 7.41. The van der Waals surface area contributed by atoms with Crippen LogP contribution < -0.4 is 9.47 Å². The minimum absolute atomic E-state index is 0.349. The molecule has 0 radical (unpaired) electrons. The molecule has 3 aliphatic heterocycles. The predicted octanol–water partition coefficient (Wildman–Crippen LogP) is 3.57. The molecular weight excluding hydrogens is 382 g/mol. The summed E-state index contributed by atoms with van der Waals surface area (Å²) in [5, 5.41) is 0. The van der Waals surface area contributed by atoms with E-state index in [4.69, 9.17) is 9.47 Å². The van der Waals surface area contributed by atoms with Gasteiger partial charge in [0.2, 0.25) is 6.79 Å². The summed E-state index contributed by atoms with van der Waals surface area (Å²) in [7, 11) is 0. The molecule has 2 saturated heterocycles. The van der Waals surface area contributed by atoms with E-state index in [1.165, 1.54) is 54.3 Å². The molecular formula is C23H31N3O2S. The van der Waals surface area contributed by atoms with E-state index in [2.05, 4.69) is 45.9 Å². The summed E-state index contributed by atoms with van der Waals surface area (Å²) in [4.78, 5) is 10.9. The van der Waals surface area contributed by atoms with Gasteiger partial charge in [-0.3, -0.25) is 14.7 Å². The van der Waals surface area contributed by atoms with E-state index in [1.807, 2.05) is 17.4 Å². The maximum atomic E-state index is 5.53. The normalized spacial score (nSPS) is 23.6. The number of nitrogens with zero attached hydrogens (tertiary/aromatic N) is 3. The van der Waals surface area contributed by atoms with Crippen LogP contribution in [0.2, 0.25) is 0 Å². The SMILES string of the molecule is Cc1ccc(CN2CCC[C@H](N3CCN(Cc4ccc5c(c4)OCO5)CC3)C2)s1. The van der Waals surface area contributed by atoms with Gasteiger partial charge in [-0.1, -0.05) is 6.07 Å². The zero-order valence-electron chi connectivity index (χ0n) is 17.3. The lowest BCUT2D eigenvalue weighted by molar-refractivity contribution is 0.0480. The van der Waals surface area contributed by atoms with Crippen molar-refractivity contribution in [2.75, 3.05) is 46.1 Å². The highest BCUT2D eigenvalue weighted by atomic mass is 32.1. The van der Waals surface area contributed by atoms with Gasteiger partial charge >= 0.3 is 0 Å². The smallest absolute Gasteiger partial charge is 0.231 e. The van der Waals surface area contributed by atoms with Crippen LogP contribution in [0.15, 0.2) is 30.3 Å². The van der Waals surface area contributed by atoms with Crippen LogP contribution in [-0.4, -0.2) is 66.8 Å². The van der Waals surface area contributed by atoms with Gasteiger partial charge in [-0.15, -0.1) is 11.3 Å². The Morgan fingerprint density at radius 2 is 1.79 bits per heavy atom. The summed E-state index contributed by atoms with van der Waals surface area (Å²) >= 11 is 1.95. The maximum Gasteiger partial charge on any atom is 0.231 e. The summed E-state index contributed by atoms with van der Waals surface area (Å²) in [5.74, 6) is 1.77. The second-order valence-electron chi connectivity index (χ2n) is 8.54. The first-order valence-corrected chi connectivity index (χ1v) is 11.7. The predicted molar refractivity (Wildman–Crippen MR) is 117 cm³/mol. The second kappa shape index (κ2) is 8.64. The van der Waals surface area contributed by atoms with Crippen LogP contribution >= 0.6 is 11.3 Å². The van der Waals surface area contributed by atoms with E-state index in [9.17, 15) is 0 Å². The number of benzene rings is 1. The van der Waals surface area contributed by atoms with Crippen molar-refractivity contribution in [3.05, 3.63) is 45.6 Å². The molecule has 0 spiro atoms. The highest BCUT2D eigenvalue weighted by Gasteiger charge is 2.28. The first-order valence-electron chi connectivity index (χ1n) is 10.9. The number of likely N-dealkylation sites (tertiary alicyclic amines) is 1. The minimum Gasteiger partial charge on any atom is -0.454 e. The molecule has 0 aliphatic carbocycles. The second-order valence-corrected chi connectivity index (χ2v) is 9.92. The van der Waals surface area contributed by atoms with Crippen molar-refractivity contribution < 1.29 is 9.47 Å². The van der Waals surface area contributed by atoms with Crippen LogP contribution in [0, 0.1) is 6.92 Å². The molecule has 1 aromatic heterocycles. The largest absolute Gasteiger partial charge is 0.454 e. The summed E-state index contributed by atoms with van der Waals surface area (Å²) in [5.41, 5.74) is 1.32. The molecule has 1 aromatic carbocycles.